The maximum atomic E-state index is 11.9. The summed E-state index contributed by atoms with van der Waals surface area (Å²) in [6, 6.07) is 8.10. The van der Waals surface area contributed by atoms with Gasteiger partial charge in [-0.25, -0.2) is 0 Å². The van der Waals surface area contributed by atoms with Gasteiger partial charge in [-0.2, -0.15) is 0 Å². The van der Waals surface area contributed by atoms with E-state index in [1.165, 1.54) is 5.56 Å². The molecule has 0 fully saturated rings. The molecule has 0 aliphatic heterocycles. The molecule has 1 aromatic rings. The van der Waals surface area contributed by atoms with E-state index in [-0.39, 0.29) is 11.9 Å². The zero-order valence-corrected chi connectivity index (χ0v) is 12.5. The number of hydrogen-bond donors (Lipinski definition) is 1. The minimum Gasteiger partial charge on any atom is -0.383 e. The monoisotopic (exact) mass is 313 g/mol. The lowest BCUT2D eigenvalue weighted by Crippen LogP contribution is -2.39. The van der Waals surface area contributed by atoms with Crippen molar-refractivity contribution in [2.45, 2.75) is 25.8 Å². The summed E-state index contributed by atoms with van der Waals surface area (Å²) in [6.45, 7) is 2.58. The van der Waals surface area contributed by atoms with Crippen LogP contribution in [0.5, 0.6) is 0 Å². The molecular formula is C14H20BrNO2. The van der Waals surface area contributed by atoms with Crippen molar-refractivity contribution in [2.24, 2.45) is 0 Å². The van der Waals surface area contributed by atoms with Crippen molar-refractivity contribution in [3.05, 3.63) is 35.4 Å². The maximum absolute atomic E-state index is 11.9. The van der Waals surface area contributed by atoms with Crippen molar-refractivity contribution >= 4 is 21.8 Å². The lowest BCUT2D eigenvalue weighted by atomic mass is 10.1. The molecule has 0 radical (unpaired) electrons. The SMILES string of the molecule is COCC(CCBr)NC(=O)Cc1ccc(C)cc1. The van der Waals surface area contributed by atoms with Gasteiger partial charge in [0.15, 0.2) is 0 Å². The number of aryl methyl sites for hydroxylation is 1. The number of hydrogen-bond acceptors (Lipinski definition) is 2. The van der Waals surface area contributed by atoms with E-state index in [1.807, 2.05) is 31.2 Å². The molecule has 18 heavy (non-hydrogen) atoms. The molecule has 1 unspecified atom stereocenters. The van der Waals surface area contributed by atoms with Gasteiger partial charge in [0.25, 0.3) is 0 Å². The van der Waals surface area contributed by atoms with Gasteiger partial charge >= 0.3 is 0 Å². The van der Waals surface area contributed by atoms with E-state index < -0.39 is 0 Å². The highest BCUT2D eigenvalue weighted by atomic mass is 79.9. The van der Waals surface area contributed by atoms with E-state index in [9.17, 15) is 4.79 Å². The fraction of sp³-hybridized carbons (Fsp3) is 0.500. The van der Waals surface area contributed by atoms with Crippen LogP contribution in [0.25, 0.3) is 0 Å². The Hall–Kier alpha value is -0.870. The van der Waals surface area contributed by atoms with Gasteiger partial charge in [0.2, 0.25) is 5.91 Å². The molecule has 1 aromatic carbocycles. The smallest absolute Gasteiger partial charge is 0.224 e. The van der Waals surface area contributed by atoms with Crippen molar-refractivity contribution in [3.63, 3.8) is 0 Å². The fourth-order valence-corrected chi connectivity index (χ4v) is 2.25. The van der Waals surface area contributed by atoms with E-state index >= 15 is 0 Å². The molecule has 0 saturated heterocycles. The molecular weight excluding hydrogens is 294 g/mol. The molecule has 1 rings (SSSR count). The summed E-state index contributed by atoms with van der Waals surface area (Å²) >= 11 is 3.38. The molecule has 100 valence electrons. The summed E-state index contributed by atoms with van der Waals surface area (Å²) in [6.07, 6.45) is 1.29. The van der Waals surface area contributed by atoms with E-state index in [0.717, 1.165) is 17.3 Å². The van der Waals surface area contributed by atoms with E-state index in [1.54, 1.807) is 7.11 Å². The second-order valence-electron chi connectivity index (χ2n) is 4.36. The molecule has 0 saturated carbocycles. The molecule has 3 nitrogen and oxygen atoms in total. The first-order chi connectivity index (χ1) is 8.65. The van der Waals surface area contributed by atoms with E-state index in [0.29, 0.717) is 13.0 Å². The van der Waals surface area contributed by atoms with Gasteiger partial charge in [-0.05, 0) is 18.9 Å². The van der Waals surface area contributed by atoms with Crippen molar-refractivity contribution < 1.29 is 9.53 Å². The van der Waals surface area contributed by atoms with Crippen molar-refractivity contribution in [3.8, 4) is 0 Å². The van der Waals surface area contributed by atoms with Crippen LogP contribution < -0.4 is 5.32 Å². The Morgan fingerprint density at radius 1 is 1.39 bits per heavy atom. The normalized spacial score (nSPS) is 12.2. The van der Waals surface area contributed by atoms with Gasteiger partial charge in [-0.3, -0.25) is 4.79 Å². The number of alkyl halides is 1. The summed E-state index contributed by atoms with van der Waals surface area (Å²) in [7, 11) is 1.65. The zero-order chi connectivity index (χ0) is 13.4. The largest absolute Gasteiger partial charge is 0.383 e. The van der Waals surface area contributed by atoms with Crippen LogP contribution in [0.2, 0.25) is 0 Å². The molecule has 0 spiro atoms. The lowest BCUT2D eigenvalue weighted by Gasteiger charge is -2.16. The molecule has 1 atom stereocenters. The maximum Gasteiger partial charge on any atom is 0.224 e. The first kappa shape index (κ1) is 15.2. The number of rotatable bonds is 7. The second-order valence-corrected chi connectivity index (χ2v) is 5.15. The number of carbonyl (C=O) groups excluding carboxylic acids is 1. The van der Waals surface area contributed by atoms with Crippen molar-refractivity contribution in [1.82, 2.24) is 5.32 Å². The third kappa shape index (κ3) is 5.65. The number of nitrogens with one attached hydrogen (secondary N) is 1. The van der Waals surface area contributed by atoms with Gasteiger partial charge < -0.3 is 10.1 Å². The summed E-state index contributed by atoms with van der Waals surface area (Å²) in [5, 5.41) is 3.84. The highest BCUT2D eigenvalue weighted by molar-refractivity contribution is 9.09. The Kier molecular flexibility index (Phi) is 6.98. The third-order valence-electron chi connectivity index (χ3n) is 2.68. The molecule has 0 bridgehead atoms. The highest BCUT2D eigenvalue weighted by Gasteiger charge is 2.11. The number of ether oxygens (including phenoxy) is 1. The quantitative estimate of drug-likeness (QED) is 0.785. The van der Waals surface area contributed by atoms with Gasteiger partial charge in [0.1, 0.15) is 0 Å². The van der Waals surface area contributed by atoms with Crippen LogP contribution in [-0.2, 0) is 16.0 Å². The zero-order valence-electron chi connectivity index (χ0n) is 10.9. The summed E-state index contributed by atoms with van der Waals surface area (Å²) in [4.78, 5) is 11.9. The first-order valence-corrected chi connectivity index (χ1v) is 7.17. The standard InChI is InChI=1S/C14H20BrNO2/c1-11-3-5-12(6-4-11)9-14(17)16-13(7-8-15)10-18-2/h3-6,13H,7-10H2,1-2H3,(H,16,17). The highest BCUT2D eigenvalue weighted by Crippen LogP contribution is 2.04. The van der Waals surface area contributed by atoms with E-state index in [4.69, 9.17) is 4.74 Å². The predicted molar refractivity (Wildman–Crippen MR) is 77.1 cm³/mol. The van der Waals surface area contributed by atoms with Crippen LogP contribution in [-0.4, -0.2) is 31.0 Å². The number of carbonyl (C=O) groups is 1. The van der Waals surface area contributed by atoms with Crippen molar-refractivity contribution in [2.75, 3.05) is 19.0 Å². The molecule has 4 heteroatoms. The molecule has 0 aliphatic rings. The van der Waals surface area contributed by atoms with Gasteiger partial charge in [-0.15, -0.1) is 0 Å². The number of amides is 1. The molecule has 1 amide bonds. The molecule has 0 aliphatic carbocycles. The molecule has 0 aromatic heterocycles. The van der Waals surface area contributed by atoms with Crippen LogP contribution in [0.3, 0.4) is 0 Å². The van der Waals surface area contributed by atoms with Gasteiger partial charge in [0.05, 0.1) is 19.1 Å². The number of methoxy groups -OCH3 is 1. The average molecular weight is 314 g/mol. The van der Waals surface area contributed by atoms with Crippen LogP contribution in [0.4, 0.5) is 0 Å². The van der Waals surface area contributed by atoms with Crippen LogP contribution in [0, 0.1) is 6.92 Å². The molecule has 1 N–H and O–H groups in total. The average Bonchev–Trinajstić information content (AvgIpc) is 2.33. The van der Waals surface area contributed by atoms with Crippen LogP contribution in [0.1, 0.15) is 17.5 Å². The minimum atomic E-state index is 0.0434. The van der Waals surface area contributed by atoms with Gasteiger partial charge in [-0.1, -0.05) is 45.8 Å². The summed E-state index contributed by atoms with van der Waals surface area (Å²) < 4.78 is 5.09. The Morgan fingerprint density at radius 3 is 2.61 bits per heavy atom. The Balaban J connectivity index is 2.46. The summed E-state index contributed by atoms with van der Waals surface area (Å²) in [5.41, 5.74) is 2.24. The Morgan fingerprint density at radius 2 is 2.06 bits per heavy atom. The van der Waals surface area contributed by atoms with Crippen molar-refractivity contribution in [1.29, 1.82) is 0 Å². The minimum absolute atomic E-state index is 0.0434. The molecule has 0 heterocycles. The third-order valence-corrected chi connectivity index (χ3v) is 3.13. The van der Waals surface area contributed by atoms with Crippen LogP contribution >= 0.6 is 15.9 Å². The topological polar surface area (TPSA) is 38.3 Å². The van der Waals surface area contributed by atoms with Crippen LogP contribution in [0.15, 0.2) is 24.3 Å². The lowest BCUT2D eigenvalue weighted by molar-refractivity contribution is -0.121. The Labute approximate surface area is 117 Å². The Bertz CT molecular complexity index is 359. The van der Waals surface area contributed by atoms with E-state index in [2.05, 4.69) is 21.2 Å². The summed E-state index contributed by atoms with van der Waals surface area (Å²) in [5.74, 6) is 0.0434. The number of benzene rings is 1. The second kappa shape index (κ2) is 8.27. The number of halogens is 1. The predicted octanol–water partition coefficient (Wildman–Crippen LogP) is 2.45. The first-order valence-electron chi connectivity index (χ1n) is 6.05. The fourth-order valence-electron chi connectivity index (χ4n) is 1.70. The van der Waals surface area contributed by atoms with Gasteiger partial charge in [0, 0.05) is 12.4 Å².